The van der Waals surface area contributed by atoms with Crippen molar-refractivity contribution in [2.24, 2.45) is 0 Å². The van der Waals surface area contributed by atoms with Crippen molar-refractivity contribution in [1.82, 2.24) is 4.67 Å². The lowest BCUT2D eigenvalue weighted by Gasteiger charge is -2.17. The van der Waals surface area contributed by atoms with E-state index in [9.17, 15) is 8.42 Å². The van der Waals surface area contributed by atoms with Crippen LogP contribution in [0.5, 0.6) is 0 Å². The van der Waals surface area contributed by atoms with E-state index in [1.54, 1.807) is 12.1 Å². The number of rotatable bonds is 3. The molecule has 2 fully saturated rings. The van der Waals surface area contributed by atoms with Crippen molar-refractivity contribution in [3.63, 3.8) is 0 Å². The highest BCUT2D eigenvalue weighted by molar-refractivity contribution is 7.91. The Morgan fingerprint density at radius 3 is 2.80 bits per heavy atom. The van der Waals surface area contributed by atoms with E-state index in [4.69, 9.17) is 15.8 Å². The molecule has 0 spiro atoms. The SMILES string of the molecule is Cc1ccc(S(=O)(=O)C[C@@H]2OP(Cl)N3CCC[C@H]23)cc1. The highest BCUT2D eigenvalue weighted by atomic mass is 35.7. The standard InChI is InChI=1S/C13H17ClNO3PS/c1-10-4-6-11(7-5-10)20(16,17)9-13-12-3-2-8-15(12)19(14)18-13/h4-7,12-13H,2-3,8-9H2,1H3/t12-,13+,19?/m1/s1. The second kappa shape index (κ2) is 5.54. The predicted molar refractivity (Wildman–Crippen MR) is 80.6 cm³/mol. The zero-order chi connectivity index (χ0) is 14.3. The highest BCUT2D eigenvalue weighted by Crippen LogP contribution is 2.58. The van der Waals surface area contributed by atoms with Crippen LogP contribution in [0.2, 0.25) is 0 Å². The minimum absolute atomic E-state index is 0.0166. The van der Waals surface area contributed by atoms with Crippen LogP contribution < -0.4 is 0 Å². The predicted octanol–water partition coefficient (Wildman–Crippen LogP) is 3.10. The molecule has 1 aromatic carbocycles. The second-order valence-electron chi connectivity index (χ2n) is 5.34. The normalized spacial score (nSPS) is 30.6. The quantitative estimate of drug-likeness (QED) is 0.797. The summed E-state index contributed by atoms with van der Waals surface area (Å²) in [6.45, 7) is 2.86. The number of hydrogen-bond acceptors (Lipinski definition) is 4. The van der Waals surface area contributed by atoms with Crippen molar-refractivity contribution < 1.29 is 12.9 Å². The van der Waals surface area contributed by atoms with Gasteiger partial charge in [-0.15, -0.1) is 0 Å². The number of halogens is 1. The monoisotopic (exact) mass is 333 g/mol. The van der Waals surface area contributed by atoms with E-state index in [0.717, 1.165) is 24.9 Å². The summed E-state index contributed by atoms with van der Waals surface area (Å²) >= 11 is 6.18. The summed E-state index contributed by atoms with van der Waals surface area (Å²) in [6.07, 6.45) is 1.74. The van der Waals surface area contributed by atoms with E-state index < -0.39 is 17.5 Å². The van der Waals surface area contributed by atoms with Crippen LogP contribution in [0.15, 0.2) is 29.2 Å². The van der Waals surface area contributed by atoms with Crippen LogP contribution in [0, 0.1) is 6.92 Å². The van der Waals surface area contributed by atoms with Gasteiger partial charge in [-0.1, -0.05) is 17.7 Å². The Morgan fingerprint density at radius 2 is 2.10 bits per heavy atom. The Hall–Kier alpha value is -0.190. The largest absolute Gasteiger partial charge is 0.325 e. The van der Waals surface area contributed by atoms with Crippen molar-refractivity contribution in [3.8, 4) is 0 Å². The van der Waals surface area contributed by atoms with Gasteiger partial charge in [-0.25, -0.2) is 13.1 Å². The lowest BCUT2D eigenvalue weighted by Crippen LogP contribution is -2.33. The topological polar surface area (TPSA) is 46.6 Å². The smallest absolute Gasteiger partial charge is 0.207 e. The molecule has 2 heterocycles. The summed E-state index contributed by atoms with van der Waals surface area (Å²) in [7, 11) is -4.45. The highest BCUT2D eigenvalue weighted by Gasteiger charge is 2.46. The van der Waals surface area contributed by atoms with Gasteiger partial charge >= 0.3 is 0 Å². The van der Waals surface area contributed by atoms with E-state index in [1.165, 1.54) is 0 Å². The van der Waals surface area contributed by atoms with Gasteiger partial charge in [0.1, 0.15) is 0 Å². The number of nitrogens with zero attached hydrogens (tertiary/aromatic N) is 1. The molecule has 0 bridgehead atoms. The van der Waals surface area contributed by atoms with Gasteiger partial charge in [0.05, 0.1) is 16.8 Å². The molecule has 20 heavy (non-hydrogen) atoms. The molecule has 0 radical (unpaired) electrons. The second-order valence-corrected chi connectivity index (χ2v) is 9.42. The average Bonchev–Trinajstić information content (AvgIpc) is 2.96. The summed E-state index contributed by atoms with van der Waals surface area (Å²) < 4.78 is 32.7. The summed E-state index contributed by atoms with van der Waals surface area (Å²) in [4.78, 5) is 0.363. The number of aryl methyl sites for hydroxylation is 1. The van der Waals surface area contributed by atoms with Crippen molar-refractivity contribution in [2.45, 2.75) is 36.8 Å². The van der Waals surface area contributed by atoms with Crippen LogP contribution in [0.4, 0.5) is 0 Å². The Balaban J connectivity index is 1.78. The lowest BCUT2D eigenvalue weighted by atomic mass is 10.1. The summed E-state index contributed by atoms with van der Waals surface area (Å²) in [5.41, 5.74) is 1.05. The summed E-state index contributed by atoms with van der Waals surface area (Å²) in [5, 5.41) is 0. The number of benzene rings is 1. The summed E-state index contributed by atoms with van der Waals surface area (Å²) in [5.74, 6) is 0.0166. The maximum Gasteiger partial charge on any atom is 0.207 e. The first kappa shape index (κ1) is 14.7. The molecule has 1 aromatic rings. The van der Waals surface area contributed by atoms with Crippen molar-refractivity contribution in [2.75, 3.05) is 12.3 Å². The maximum atomic E-state index is 12.5. The molecule has 2 aliphatic rings. The van der Waals surface area contributed by atoms with Crippen LogP contribution >= 0.6 is 18.9 Å². The first-order valence-corrected chi connectivity index (χ1v) is 10.4. The molecule has 0 N–H and O–H groups in total. The minimum Gasteiger partial charge on any atom is -0.325 e. The molecule has 3 rings (SSSR count). The van der Waals surface area contributed by atoms with Crippen LogP contribution in [0.1, 0.15) is 18.4 Å². The van der Waals surface area contributed by atoms with Gasteiger partial charge in [-0.05, 0) is 43.1 Å². The number of hydrogen-bond donors (Lipinski definition) is 0. The van der Waals surface area contributed by atoms with Gasteiger partial charge in [-0.3, -0.25) is 0 Å². The van der Waals surface area contributed by atoms with Crippen molar-refractivity contribution in [1.29, 1.82) is 0 Å². The molecule has 0 aliphatic carbocycles. The van der Waals surface area contributed by atoms with Gasteiger partial charge in [0.15, 0.2) is 9.84 Å². The Morgan fingerprint density at radius 1 is 1.40 bits per heavy atom. The van der Waals surface area contributed by atoms with Crippen molar-refractivity contribution in [3.05, 3.63) is 29.8 Å². The van der Waals surface area contributed by atoms with Gasteiger partial charge in [0, 0.05) is 12.6 Å². The summed E-state index contributed by atoms with van der Waals surface area (Å²) in [6, 6.07) is 7.13. The molecular formula is C13H17ClNO3PS. The third kappa shape index (κ3) is 2.75. The van der Waals surface area contributed by atoms with Gasteiger partial charge in [0.2, 0.25) is 7.65 Å². The van der Waals surface area contributed by atoms with E-state index in [1.807, 2.05) is 19.1 Å². The van der Waals surface area contributed by atoms with Crippen LogP contribution in [-0.2, 0) is 14.4 Å². The molecule has 0 amide bonds. The molecule has 2 saturated heterocycles. The third-order valence-corrected chi connectivity index (χ3v) is 7.81. The third-order valence-electron chi connectivity index (χ3n) is 3.89. The van der Waals surface area contributed by atoms with Crippen LogP contribution in [-0.4, -0.2) is 37.5 Å². The fourth-order valence-electron chi connectivity index (χ4n) is 2.79. The molecule has 3 atom stereocenters. The Kier molecular flexibility index (Phi) is 4.08. The van der Waals surface area contributed by atoms with E-state index in [-0.39, 0.29) is 17.9 Å². The van der Waals surface area contributed by atoms with E-state index in [0.29, 0.717) is 4.90 Å². The number of fused-ring (bicyclic) bond motifs is 1. The zero-order valence-corrected chi connectivity index (χ0v) is 13.7. The van der Waals surface area contributed by atoms with E-state index >= 15 is 0 Å². The first-order chi connectivity index (χ1) is 9.47. The van der Waals surface area contributed by atoms with Gasteiger partial charge < -0.3 is 4.52 Å². The average molecular weight is 334 g/mol. The molecule has 0 saturated carbocycles. The maximum absolute atomic E-state index is 12.5. The minimum atomic E-state index is -3.32. The van der Waals surface area contributed by atoms with E-state index in [2.05, 4.69) is 4.67 Å². The molecule has 0 aromatic heterocycles. The lowest BCUT2D eigenvalue weighted by molar-refractivity contribution is 0.235. The van der Waals surface area contributed by atoms with Gasteiger partial charge in [0.25, 0.3) is 0 Å². The first-order valence-electron chi connectivity index (χ1n) is 6.66. The van der Waals surface area contributed by atoms with Gasteiger partial charge in [-0.2, -0.15) is 0 Å². The molecule has 4 nitrogen and oxygen atoms in total. The Bertz CT molecular complexity index is 592. The fourth-order valence-corrected chi connectivity index (χ4v) is 6.59. The molecule has 2 aliphatic heterocycles. The fraction of sp³-hybridized carbons (Fsp3) is 0.538. The molecular weight excluding hydrogens is 317 g/mol. The number of sulfone groups is 1. The molecule has 7 heteroatoms. The Labute approximate surface area is 125 Å². The zero-order valence-electron chi connectivity index (χ0n) is 11.2. The molecule has 1 unspecified atom stereocenters. The van der Waals surface area contributed by atoms with Crippen LogP contribution in [0.3, 0.4) is 0 Å². The molecule has 110 valence electrons. The van der Waals surface area contributed by atoms with Crippen molar-refractivity contribution >= 4 is 28.7 Å². The van der Waals surface area contributed by atoms with Crippen LogP contribution in [0.25, 0.3) is 0 Å².